The lowest BCUT2D eigenvalue weighted by atomic mass is 9.61. The van der Waals surface area contributed by atoms with Crippen LogP contribution in [0.2, 0.25) is 5.31 Å². The summed E-state index contributed by atoms with van der Waals surface area (Å²) in [4.78, 5) is 12.1. The molecule has 0 bridgehead atoms. The molecule has 0 aliphatic carbocycles. The SMILES string of the molecule is [B]C(C)(CN)CC(C)(C)CC(=O)NCC(C)(C)CCNO. The Morgan fingerprint density at radius 3 is 2.24 bits per heavy atom. The van der Waals surface area contributed by atoms with Crippen LogP contribution in [0.25, 0.3) is 0 Å². The van der Waals surface area contributed by atoms with Crippen molar-refractivity contribution in [2.24, 2.45) is 16.6 Å². The third-order valence-electron chi connectivity index (χ3n) is 3.67. The first-order valence-electron chi connectivity index (χ1n) is 7.56. The van der Waals surface area contributed by atoms with Gasteiger partial charge in [-0.1, -0.05) is 39.9 Å². The summed E-state index contributed by atoms with van der Waals surface area (Å²) in [6.45, 7) is 11.6. The quantitative estimate of drug-likeness (QED) is 0.364. The van der Waals surface area contributed by atoms with Crippen molar-refractivity contribution in [1.82, 2.24) is 10.8 Å². The number of hydrogen-bond acceptors (Lipinski definition) is 4. The number of carbonyl (C=O) groups is 1. The largest absolute Gasteiger partial charge is 0.356 e. The van der Waals surface area contributed by atoms with Gasteiger partial charge in [0.15, 0.2) is 0 Å². The fourth-order valence-corrected chi connectivity index (χ4v) is 2.55. The number of amides is 1. The number of hydroxylamine groups is 1. The zero-order valence-electron chi connectivity index (χ0n) is 14.3. The lowest BCUT2D eigenvalue weighted by Gasteiger charge is -2.34. The van der Waals surface area contributed by atoms with Crippen LogP contribution in [0.3, 0.4) is 0 Å². The Hall–Kier alpha value is -0.585. The van der Waals surface area contributed by atoms with E-state index in [4.69, 9.17) is 18.8 Å². The maximum absolute atomic E-state index is 12.1. The van der Waals surface area contributed by atoms with Crippen LogP contribution in [0.5, 0.6) is 0 Å². The molecular weight excluding hydrogens is 265 g/mol. The first kappa shape index (κ1) is 20.4. The summed E-state index contributed by atoms with van der Waals surface area (Å²) >= 11 is 0. The minimum Gasteiger partial charge on any atom is -0.356 e. The minimum atomic E-state index is -0.449. The molecule has 1 unspecified atom stereocenters. The Morgan fingerprint density at radius 1 is 1.19 bits per heavy atom. The molecule has 0 saturated heterocycles. The highest BCUT2D eigenvalue weighted by molar-refractivity contribution is 6.15. The molecule has 1 atom stereocenters. The van der Waals surface area contributed by atoms with Gasteiger partial charge in [-0.05, 0) is 30.2 Å². The molecule has 0 heterocycles. The predicted octanol–water partition coefficient (Wildman–Crippen LogP) is 1.61. The van der Waals surface area contributed by atoms with Gasteiger partial charge in [-0.3, -0.25) is 4.79 Å². The molecule has 2 radical (unpaired) electrons. The molecular formula is C15H32BN3O2. The van der Waals surface area contributed by atoms with E-state index in [9.17, 15) is 4.79 Å². The van der Waals surface area contributed by atoms with E-state index in [1.54, 1.807) is 0 Å². The van der Waals surface area contributed by atoms with Gasteiger partial charge in [-0.2, -0.15) is 0 Å². The number of nitrogens with one attached hydrogen (secondary N) is 2. The molecule has 0 aromatic carbocycles. The monoisotopic (exact) mass is 297 g/mol. The van der Waals surface area contributed by atoms with Crippen molar-refractivity contribution in [3.63, 3.8) is 0 Å². The van der Waals surface area contributed by atoms with E-state index in [-0.39, 0.29) is 16.7 Å². The Morgan fingerprint density at radius 2 is 1.76 bits per heavy atom. The molecule has 122 valence electrons. The molecule has 0 aromatic heterocycles. The molecule has 5 N–H and O–H groups in total. The smallest absolute Gasteiger partial charge is 0.220 e. The predicted molar refractivity (Wildman–Crippen MR) is 87.4 cm³/mol. The van der Waals surface area contributed by atoms with Gasteiger partial charge in [-0.15, -0.1) is 0 Å². The standard InChI is InChI=1S/C15H32BN3O2/c1-13(2,6-7-19-21)11-18-12(20)8-14(3,4)9-15(5,16)10-17/h19,21H,6-11,17H2,1-5H3,(H,18,20). The molecule has 21 heavy (non-hydrogen) atoms. The highest BCUT2D eigenvalue weighted by atomic mass is 16.5. The van der Waals surface area contributed by atoms with Gasteiger partial charge in [0.25, 0.3) is 0 Å². The zero-order chi connectivity index (χ0) is 16.7. The Kier molecular flexibility index (Phi) is 7.93. The molecule has 0 saturated carbocycles. The highest BCUT2D eigenvalue weighted by Crippen LogP contribution is 2.38. The third-order valence-corrected chi connectivity index (χ3v) is 3.67. The molecule has 1 amide bonds. The molecule has 0 rings (SSSR count). The van der Waals surface area contributed by atoms with Crippen LogP contribution < -0.4 is 16.5 Å². The van der Waals surface area contributed by atoms with Gasteiger partial charge >= 0.3 is 0 Å². The Labute approximate surface area is 130 Å². The third kappa shape index (κ3) is 9.88. The highest BCUT2D eigenvalue weighted by Gasteiger charge is 2.30. The van der Waals surface area contributed by atoms with Crippen molar-refractivity contribution in [3.8, 4) is 0 Å². The number of rotatable bonds is 10. The van der Waals surface area contributed by atoms with Gasteiger partial charge in [0.2, 0.25) is 5.91 Å². The van der Waals surface area contributed by atoms with Crippen molar-refractivity contribution in [1.29, 1.82) is 0 Å². The molecule has 0 fully saturated rings. The first-order chi connectivity index (χ1) is 9.43. The molecule has 0 aliphatic heterocycles. The zero-order valence-corrected chi connectivity index (χ0v) is 14.3. The van der Waals surface area contributed by atoms with Crippen molar-refractivity contribution in [2.75, 3.05) is 19.6 Å². The van der Waals surface area contributed by atoms with Gasteiger partial charge in [0.05, 0.1) is 7.85 Å². The molecule has 6 heteroatoms. The summed E-state index contributed by atoms with van der Waals surface area (Å²) in [6, 6.07) is 0. The summed E-state index contributed by atoms with van der Waals surface area (Å²) in [7, 11) is 6.09. The van der Waals surface area contributed by atoms with E-state index >= 15 is 0 Å². The van der Waals surface area contributed by atoms with E-state index in [0.29, 0.717) is 32.5 Å². The van der Waals surface area contributed by atoms with Crippen LogP contribution in [0.1, 0.15) is 53.9 Å². The Bertz CT molecular complexity index is 331. The summed E-state index contributed by atoms with van der Waals surface area (Å²) in [6.07, 6.45) is 1.90. The summed E-state index contributed by atoms with van der Waals surface area (Å²) in [5.74, 6) is 0.0258. The van der Waals surface area contributed by atoms with Crippen LogP contribution >= 0.6 is 0 Å². The van der Waals surface area contributed by atoms with Crippen LogP contribution in [-0.4, -0.2) is 38.6 Å². The maximum atomic E-state index is 12.1. The second kappa shape index (κ2) is 8.15. The summed E-state index contributed by atoms with van der Waals surface area (Å²) < 4.78 is 0. The normalized spacial score (nSPS) is 15.6. The Balaban J connectivity index is 4.30. The minimum absolute atomic E-state index is 0.0258. The lowest BCUT2D eigenvalue weighted by Crippen LogP contribution is -2.38. The average Bonchev–Trinajstić information content (AvgIpc) is 2.32. The van der Waals surface area contributed by atoms with Gasteiger partial charge in [-0.25, -0.2) is 5.48 Å². The topological polar surface area (TPSA) is 87.4 Å². The number of nitrogens with two attached hydrogens (primary N) is 1. The second-order valence-corrected chi connectivity index (χ2v) is 7.97. The van der Waals surface area contributed by atoms with Gasteiger partial charge < -0.3 is 16.3 Å². The lowest BCUT2D eigenvalue weighted by molar-refractivity contribution is -0.123. The number of hydrogen-bond donors (Lipinski definition) is 4. The van der Waals surface area contributed by atoms with Gasteiger partial charge in [0.1, 0.15) is 0 Å². The van der Waals surface area contributed by atoms with Crippen LogP contribution in [0.15, 0.2) is 0 Å². The van der Waals surface area contributed by atoms with Gasteiger partial charge in [0, 0.05) is 19.5 Å². The van der Waals surface area contributed by atoms with Crippen LogP contribution in [0.4, 0.5) is 0 Å². The van der Waals surface area contributed by atoms with E-state index < -0.39 is 5.31 Å². The van der Waals surface area contributed by atoms with Crippen molar-refractivity contribution in [3.05, 3.63) is 0 Å². The molecule has 0 aromatic rings. The maximum Gasteiger partial charge on any atom is 0.220 e. The van der Waals surface area contributed by atoms with Crippen molar-refractivity contribution < 1.29 is 10.0 Å². The van der Waals surface area contributed by atoms with Crippen LogP contribution in [-0.2, 0) is 4.79 Å². The molecule has 0 spiro atoms. The molecule has 5 nitrogen and oxygen atoms in total. The first-order valence-corrected chi connectivity index (χ1v) is 7.56. The summed E-state index contributed by atoms with van der Waals surface area (Å²) in [5, 5.41) is 11.2. The van der Waals surface area contributed by atoms with E-state index in [0.717, 1.165) is 6.42 Å². The average molecular weight is 297 g/mol. The van der Waals surface area contributed by atoms with Crippen molar-refractivity contribution in [2.45, 2.75) is 59.2 Å². The van der Waals surface area contributed by atoms with E-state index in [2.05, 4.69) is 24.6 Å². The van der Waals surface area contributed by atoms with Crippen LogP contribution in [0, 0.1) is 10.8 Å². The van der Waals surface area contributed by atoms with Crippen molar-refractivity contribution >= 4 is 13.8 Å². The van der Waals surface area contributed by atoms with E-state index in [1.165, 1.54) is 0 Å². The second-order valence-electron chi connectivity index (χ2n) is 7.97. The number of carbonyl (C=O) groups excluding carboxylic acids is 1. The van der Waals surface area contributed by atoms with E-state index in [1.807, 2.05) is 20.8 Å². The fraction of sp³-hybridized carbons (Fsp3) is 0.933. The molecule has 0 aliphatic rings. The fourth-order valence-electron chi connectivity index (χ4n) is 2.55. The summed E-state index contributed by atoms with van der Waals surface area (Å²) in [5.41, 5.74) is 7.55.